The van der Waals surface area contributed by atoms with Crippen LogP contribution in [0.15, 0.2) is 24.3 Å². The molecule has 2 heterocycles. The predicted molar refractivity (Wildman–Crippen MR) is 92.2 cm³/mol. The molecule has 6 heteroatoms. The number of pyridine rings is 1. The van der Waals surface area contributed by atoms with Gasteiger partial charge in [0.1, 0.15) is 0 Å². The summed E-state index contributed by atoms with van der Waals surface area (Å²) in [4.78, 5) is 15.3. The number of ether oxygens (including phenoxy) is 1. The van der Waals surface area contributed by atoms with Crippen LogP contribution in [0.4, 0.5) is 11.4 Å². The van der Waals surface area contributed by atoms with Crippen molar-refractivity contribution in [2.24, 2.45) is 5.92 Å². The highest BCUT2D eigenvalue weighted by atomic mass is 16.6. The van der Waals surface area contributed by atoms with E-state index < -0.39 is 0 Å². The highest BCUT2D eigenvalue weighted by Gasteiger charge is 2.36. The average Bonchev–Trinajstić information content (AvgIpc) is 3.39. The number of rotatable bonds is 4. The lowest BCUT2D eigenvalue weighted by atomic mass is 9.99. The molecule has 1 N–H and O–H groups in total. The van der Waals surface area contributed by atoms with E-state index in [2.05, 4.69) is 10.3 Å². The highest BCUT2D eigenvalue weighted by Crippen LogP contribution is 2.39. The lowest BCUT2D eigenvalue weighted by Crippen LogP contribution is -2.35. The summed E-state index contributed by atoms with van der Waals surface area (Å²) in [5.41, 5.74) is 2.23. The third-order valence-corrected chi connectivity index (χ3v) is 4.97. The van der Waals surface area contributed by atoms with Crippen LogP contribution in [0.2, 0.25) is 0 Å². The van der Waals surface area contributed by atoms with E-state index in [4.69, 9.17) is 4.74 Å². The molecule has 1 aromatic heterocycles. The van der Waals surface area contributed by atoms with Crippen molar-refractivity contribution in [2.75, 3.05) is 11.9 Å². The number of aromatic nitrogens is 1. The summed E-state index contributed by atoms with van der Waals surface area (Å²) in [6.45, 7) is 2.65. The van der Waals surface area contributed by atoms with Crippen molar-refractivity contribution in [1.82, 2.24) is 4.98 Å². The Hall–Kier alpha value is -2.21. The van der Waals surface area contributed by atoms with Gasteiger partial charge in [-0.05, 0) is 44.6 Å². The van der Waals surface area contributed by atoms with Gasteiger partial charge in [-0.2, -0.15) is 0 Å². The van der Waals surface area contributed by atoms with Gasteiger partial charge < -0.3 is 10.1 Å². The molecule has 0 radical (unpaired) electrons. The SMILES string of the molecule is Cc1cc(NC2CCOC(C3CC3)C2)c2cccc([N+](=O)[O-])c2n1. The molecule has 2 aromatic rings. The summed E-state index contributed by atoms with van der Waals surface area (Å²) in [5.74, 6) is 0.728. The van der Waals surface area contributed by atoms with Crippen molar-refractivity contribution in [1.29, 1.82) is 0 Å². The molecule has 1 aliphatic heterocycles. The number of nitro groups is 1. The van der Waals surface area contributed by atoms with E-state index in [0.29, 0.717) is 17.7 Å². The molecule has 1 aromatic carbocycles. The number of benzene rings is 1. The molecule has 126 valence electrons. The average molecular weight is 327 g/mol. The smallest absolute Gasteiger partial charge is 0.295 e. The summed E-state index contributed by atoms with van der Waals surface area (Å²) in [7, 11) is 0. The summed E-state index contributed by atoms with van der Waals surface area (Å²) in [6.07, 6.45) is 4.88. The molecule has 2 fully saturated rings. The maximum Gasteiger partial charge on any atom is 0.295 e. The molecule has 0 spiro atoms. The molecule has 0 bridgehead atoms. The fourth-order valence-corrected chi connectivity index (χ4v) is 3.60. The van der Waals surface area contributed by atoms with E-state index in [-0.39, 0.29) is 10.6 Å². The van der Waals surface area contributed by atoms with E-state index in [1.165, 1.54) is 18.9 Å². The molecule has 4 rings (SSSR count). The van der Waals surface area contributed by atoms with Gasteiger partial charge >= 0.3 is 0 Å². The minimum absolute atomic E-state index is 0.0575. The number of hydrogen-bond donors (Lipinski definition) is 1. The van der Waals surface area contributed by atoms with Gasteiger partial charge in [-0.15, -0.1) is 0 Å². The first-order chi connectivity index (χ1) is 11.6. The zero-order valence-electron chi connectivity index (χ0n) is 13.7. The van der Waals surface area contributed by atoms with Gasteiger partial charge in [0.25, 0.3) is 5.69 Å². The number of para-hydroxylation sites is 1. The van der Waals surface area contributed by atoms with Crippen molar-refractivity contribution in [3.8, 4) is 0 Å². The van der Waals surface area contributed by atoms with Crippen LogP contribution in [0.1, 0.15) is 31.4 Å². The fourth-order valence-electron chi connectivity index (χ4n) is 3.60. The second-order valence-electron chi connectivity index (χ2n) is 6.85. The van der Waals surface area contributed by atoms with E-state index >= 15 is 0 Å². The Morgan fingerprint density at radius 1 is 1.33 bits per heavy atom. The van der Waals surface area contributed by atoms with Gasteiger partial charge in [-0.3, -0.25) is 10.1 Å². The third kappa shape index (κ3) is 2.94. The van der Waals surface area contributed by atoms with Crippen LogP contribution in [0.3, 0.4) is 0 Å². The van der Waals surface area contributed by atoms with Crippen molar-refractivity contribution in [3.05, 3.63) is 40.1 Å². The molecular formula is C18H21N3O3. The lowest BCUT2D eigenvalue weighted by Gasteiger charge is -2.31. The third-order valence-electron chi connectivity index (χ3n) is 4.97. The Morgan fingerprint density at radius 2 is 2.17 bits per heavy atom. The molecule has 0 amide bonds. The van der Waals surface area contributed by atoms with E-state index in [1.54, 1.807) is 6.07 Å². The van der Waals surface area contributed by atoms with E-state index in [1.807, 2.05) is 19.1 Å². The second kappa shape index (κ2) is 6.02. The van der Waals surface area contributed by atoms with Crippen LogP contribution >= 0.6 is 0 Å². The predicted octanol–water partition coefficient (Wildman–Crippen LogP) is 3.82. The molecule has 2 atom stereocenters. The number of nitrogens with one attached hydrogen (secondary N) is 1. The summed E-state index contributed by atoms with van der Waals surface area (Å²) >= 11 is 0. The largest absolute Gasteiger partial charge is 0.382 e. The van der Waals surface area contributed by atoms with Gasteiger partial charge in [-0.1, -0.05) is 12.1 Å². The first-order valence-electron chi connectivity index (χ1n) is 8.54. The van der Waals surface area contributed by atoms with Gasteiger partial charge in [0.2, 0.25) is 0 Å². The van der Waals surface area contributed by atoms with Crippen molar-refractivity contribution in [2.45, 2.75) is 44.8 Å². The molecule has 2 aliphatic rings. The van der Waals surface area contributed by atoms with Crippen LogP contribution in [0.25, 0.3) is 10.9 Å². The monoisotopic (exact) mass is 327 g/mol. The standard InChI is InChI=1S/C18H21N3O3/c1-11-9-15(14-3-2-4-16(21(22)23)18(14)19-11)20-13-7-8-24-17(10-13)12-5-6-12/h2-4,9,12-13,17H,5-8,10H2,1H3,(H,19,20). The normalized spacial score (nSPS) is 24.0. The lowest BCUT2D eigenvalue weighted by molar-refractivity contribution is -0.383. The number of nitro benzene ring substituents is 1. The van der Waals surface area contributed by atoms with Crippen molar-refractivity contribution < 1.29 is 9.66 Å². The molecule has 24 heavy (non-hydrogen) atoms. The fraction of sp³-hybridized carbons (Fsp3) is 0.500. The highest BCUT2D eigenvalue weighted by molar-refractivity contribution is 5.96. The van der Waals surface area contributed by atoms with Gasteiger partial charge in [-0.25, -0.2) is 4.98 Å². The van der Waals surface area contributed by atoms with Crippen molar-refractivity contribution in [3.63, 3.8) is 0 Å². The number of fused-ring (bicyclic) bond motifs is 1. The number of anilines is 1. The Bertz CT molecular complexity index is 788. The summed E-state index contributed by atoms with van der Waals surface area (Å²) < 4.78 is 5.89. The Balaban J connectivity index is 1.66. The summed E-state index contributed by atoms with van der Waals surface area (Å²) in [5, 5.41) is 15.7. The van der Waals surface area contributed by atoms with E-state index in [0.717, 1.165) is 42.1 Å². The minimum atomic E-state index is -0.365. The molecule has 6 nitrogen and oxygen atoms in total. The van der Waals surface area contributed by atoms with Gasteiger partial charge in [0.05, 0.1) is 11.0 Å². The second-order valence-corrected chi connectivity index (χ2v) is 6.85. The first kappa shape index (κ1) is 15.3. The molecule has 1 aliphatic carbocycles. The molecular weight excluding hydrogens is 306 g/mol. The molecule has 1 saturated carbocycles. The maximum atomic E-state index is 11.3. The molecule has 1 saturated heterocycles. The van der Waals surface area contributed by atoms with E-state index in [9.17, 15) is 10.1 Å². The Kier molecular flexibility index (Phi) is 3.84. The number of hydrogen-bond acceptors (Lipinski definition) is 5. The quantitative estimate of drug-likeness (QED) is 0.682. The first-order valence-corrected chi connectivity index (χ1v) is 8.54. The number of non-ortho nitro benzene ring substituents is 1. The van der Waals surface area contributed by atoms with Crippen LogP contribution in [-0.2, 0) is 4.74 Å². The van der Waals surface area contributed by atoms with Crippen LogP contribution in [-0.4, -0.2) is 28.7 Å². The Labute approximate surface area is 140 Å². The Morgan fingerprint density at radius 3 is 2.92 bits per heavy atom. The van der Waals surface area contributed by atoms with Crippen LogP contribution in [0.5, 0.6) is 0 Å². The minimum Gasteiger partial charge on any atom is -0.382 e. The van der Waals surface area contributed by atoms with Gasteiger partial charge in [0, 0.05) is 35.5 Å². The zero-order chi connectivity index (χ0) is 16.7. The number of nitrogens with zero attached hydrogens (tertiary/aromatic N) is 2. The van der Waals surface area contributed by atoms with Crippen LogP contribution < -0.4 is 5.32 Å². The van der Waals surface area contributed by atoms with Crippen LogP contribution in [0, 0.1) is 23.0 Å². The topological polar surface area (TPSA) is 77.3 Å². The zero-order valence-corrected chi connectivity index (χ0v) is 13.7. The van der Waals surface area contributed by atoms with Crippen molar-refractivity contribution >= 4 is 22.3 Å². The number of aryl methyl sites for hydroxylation is 1. The summed E-state index contributed by atoms with van der Waals surface area (Å²) in [6, 6.07) is 7.45. The maximum absolute atomic E-state index is 11.3. The van der Waals surface area contributed by atoms with Gasteiger partial charge in [0.15, 0.2) is 5.52 Å². The molecule has 2 unspecified atom stereocenters.